The molecule has 1 atom stereocenters. The summed E-state index contributed by atoms with van der Waals surface area (Å²) in [5.41, 5.74) is 1.32. The molecule has 2 heterocycles. The molecule has 6 heteroatoms. The minimum absolute atomic E-state index is 0.140. The summed E-state index contributed by atoms with van der Waals surface area (Å²) in [6.07, 6.45) is 8.65. The Morgan fingerprint density at radius 3 is 2.88 bits per heavy atom. The van der Waals surface area contributed by atoms with Crippen LogP contribution in [0.5, 0.6) is 0 Å². The Morgan fingerprint density at radius 2 is 2.15 bits per heavy atom. The molecule has 1 aliphatic heterocycles. The Hall–Kier alpha value is -1.85. The van der Waals surface area contributed by atoms with Crippen molar-refractivity contribution in [3.05, 3.63) is 53.6 Å². The molecule has 2 aromatic rings. The molecule has 0 saturated carbocycles. The number of likely N-dealkylation sites (N-methyl/N-ethyl adjacent to an activating group) is 1. The Bertz CT molecular complexity index is 686. The largest absolute Gasteiger partial charge is 0.344 e. The zero-order valence-corrected chi connectivity index (χ0v) is 16.1. The molecule has 1 aliphatic rings. The first-order valence-corrected chi connectivity index (χ1v) is 9.64. The molecular formula is C20H27ClN4O. The number of hydrogen-bond acceptors (Lipinski definition) is 3. The van der Waals surface area contributed by atoms with Gasteiger partial charge < -0.3 is 14.4 Å². The van der Waals surface area contributed by atoms with Crippen LogP contribution in [0, 0.1) is 5.92 Å². The molecule has 1 fully saturated rings. The highest BCUT2D eigenvalue weighted by Gasteiger charge is 2.22. The molecular weight excluding hydrogens is 348 g/mol. The highest BCUT2D eigenvalue weighted by Crippen LogP contribution is 2.18. The smallest absolute Gasteiger partial charge is 0.242 e. The number of amides is 1. The van der Waals surface area contributed by atoms with Crippen LogP contribution in [0.3, 0.4) is 0 Å². The van der Waals surface area contributed by atoms with Crippen molar-refractivity contribution >= 4 is 17.5 Å². The van der Waals surface area contributed by atoms with E-state index >= 15 is 0 Å². The maximum absolute atomic E-state index is 12.4. The second-order valence-corrected chi connectivity index (χ2v) is 7.63. The van der Waals surface area contributed by atoms with Gasteiger partial charge in [0.15, 0.2) is 0 Å². The van der Waals surface area contributed by atoms with Crippen molar-refractivity contribution in [3.8, 4) is 0 Å². The molecule has 0 aliphatic carbocycles. The van der Waals surface area contributed by atoms with Crippen molar-refractivity contribution in [3.63, 3.8) is 0 Å². The van der Waals surface area contributed by atoms with Crippen LogP contribution in [0.4, 0.5) is 0 Å². The summed E-state index contributed by atoms with van der Waals surface area (Å²) in [6.45, 7) is 4.46. The molecule has 1 saturated heterocycles. The molecule has 3 rings (SSSR count). The van der Waals surface area contributed by atoms with Crippen molar-refractivity contribution in [2.75, 3.05) is 33.2 Å². The van der Waals surface area contributed by atoms with E-state index in [4.69, 9.17) is 11.6 Å². The molecule has 26 heavy (non-hydrogen) atoms. The highest BCUT2D eigenvalue weighted by molar-refractivity contribution is 6.30. The van der Waals surface area contributed by atoms with E-state index in [2.05, 4.69) is 22.0 Å². The number of carbonyl (C=O) groups is 1. The average molecular weight is 375 g/mol. The monoisotopic (exact) mass is 374 g/mol. The molecule has 0 bridgehead atoms. The second-order valence-electron chi connectivity index (χ2n) is 7.19. The van der Waals surface area contributed by atoms with Crippen LogP contribution >= 0.6 is 11.6 Å². The van der Waals surface area contributed by atoms with Gasteiger partial charge in [0.1, 0.15) is 6.54 Å². The van der Waals surface area contributed by atoms with E-state index < -0.39 is 0 Å². The maximum Gasteiger partial charge on any atom is 0.242 e. The van der Waals surface area contributed by atoms with Gasteiger partial charge >= 0.3 is 0 Å². The molecule has 140 valence electrons. The van der Waals surface area contributed by atoms with Gasteiger partial charge in [-0.2, -0.15) is 0 Å². The van der Waals surface area contributed by atoms with Gasteiger partial charge in [-0.1, -0.05) is 23.7 Å². The zero-order valence-electron chi connectivity index (χ0n) is 15.4. The molecule has 1 aromatic carbocycles. The van der Waals surface area contributed by atoms with Gasteiger partial charge in [0.25, 0.3) is 0 Å². The topological polar surface area (TPSA) is 41.4 Å². The minimum atomic E-state index is 0.140. The fourth-order valence-corrected chi connectivity index (χ4v) is 3.71. The lowest BCUT2D eigenvalue weighted by molar-refractivity contribution is -0.131. The number of rotatable bonds is 7. The normalized spacial score (nSPS) is 18.0. The summed E-state index contributed by atoms with van der Waals surface area (Å²) in [7, 11) is 1.91. The van der Waals surface area contributed by atoms with Crippen LogP contribution in [0.2, 0.25) is 5.02 Å². The van der Waals surface area contributed by atoms with Crippen molar-refractivity contribution in [1.29, 1.82) is 0 Å². The summed E-state index contributed by atoms with van der Waals surface area (Å²) in [4.78, 5) is 20.7. The van der Waals surface area contributed by atoms with Gasteiger partial charge in [0, 0.05) is 44.1 Å². The average Bonchev–Trinajstić information content (AvgIpc) is 3.14. The molecule has 0 spiro atoms. The maximum atomic E-state index is 12.4. The number of hydrogen-bond donors (Lipinski definition) is 0. The van der Waals surface area contributed by atoms with Crippen molar-refractivity contribution in [2.45, 2.75) is 25.8 Å². The zero-order chi connectivity index (χ0) is 18.4. The van der Waals surface area contributed by atoms with E-state index in [0.717, 1.165) is 37.6 Å². The van der Waals surface area contributed by atoms with E-state index in [0.29, 0.717) is 12.5 Å². The second kappa shape index (κ2) is 9.19. The third-order valence-electron chi connectivity index (χ3n) is 5.07. The highest BCUT2D eigenvalue weighted by atomic mass is 35.5. The minimum Gasteiger partial charge on any atom is -0.344 e. The number of imidazole rings is 1. The van der Waals surface area contributed by atoms with Crippen molar-refractivity contribution < 1.29 is 4.79 Å². The number of benzene rings is 1. The van der Waals surface area contributed by atoms with Crippen LogP contribution in [-0.2, 0) is 17.8 Å². The third-order valence-corrected chi connectivity index (χ3v) is 5.32. The quantitative estimate of drug-likeness (QED) is 0.748. The first-order valence-electron chi connectivity index (χ1n) is 9.26. The Kier molecular flexibility index (Phi) is 6.69. The molecule has 5 nitrogen and oxygen atoms in total. The van der Waals surface area contributed by atoms with Crippen molar-refractivity contribution in [2.24, 2.45) is 5.92 Å². The molecule has 1 aromatic heterocycles. The van der Waals surface area contributed by atoms with Crippen LogP contribution in [0.15, 0.2) is 43.0 Å². The van der Waals surface area contributed by atoms with Gasteiger partial charge in [-0.3, -0.25) is 4.79 Å². The van der Waals surface area contributed by atoms with Crippen LogP contribution in [0.25, 0.3) is 0 Å². The lowest BCUT2D eigenvalue weighted by atomic mass is 9.97. The Balaban J connectivity index is 1.43. The number of likely N-dealkylation sites (tertiary alicyclic amines) is 1. The Morgan fingerprint density at radius 1 is 1.35 bits per heavy atom. The number of nitrogens with zero attached hydrogens (tertiary/aromatic N) is 4. The fourth-order valence-electron chi connectivity index (χ4n) is 3.59. The van der Waals surface area contributed by atoms with E-state index in [1.807, 2.05) is 34.8 Å². The first kappa shape index (κ1) is 18.9. The number of piperidine rings is 1. The SMILES string of the molecule is CN(CC1CCCN(CCc2ccc(Cl)cc2)C1)C(=O)Cn1ccnc1. The van der Waals surface area contributed by atoms with Gasteiger partial charge in [-0.05, 0) is 49.4 Å². The third kappa shape index (κ3) is 5.58. The number of carbonyl (C=O) groups excluding carboxylic acids is 1. The van der Waals surface area contributed by atoms with E-state index in [1.165, 1.54) is 18.4 Å². The molecule has 0 N–H and O–H groups in total. The molecule has 0 radical (unpaired) electrons. The summed E-state index contributed by atoms with van der Waals surface area (Å²) >= 11 is 5.95. The predicted molar refractivity (Wildman–Crippen MR) is 104 cm³/mol. The van der Waals surface area contributed by atoms with E-state index in [1.54, 1.807) is 12.5 Å². The number of aromatic nitrogens is 2. The van der Waals surface area contributed by atoms with Crippen LogP contribution in [0.1, 0.15) is 18.4 Å². The van der Waals surface area contributed by atoms with E-state index in [9.17, 15) is 4.79 Å². The van der Waals surface area contributed by atoms with Gasteiger partial charge in [0.2, 0.25) is 5.91 Å². The lowest BCUT2D eigenvalue weighted by Crippen LogP contribution is -2.42. The van der Waals surface area contributed by atoms with Gasteiger partial charge in [0.05, 0.1) is 6.33 Å². The van der Waals surface area contributed by atoms with Crippen molar-refractivity contribution in [1.82, 2.24) is 19.4 Å². The standard InChI is InChI=1S/C20H27ClN4O/c1-23(20(26)15-25-12-9-22-16-25)13-18-3-2-10-24(14-18)11-8-17-4-6-19(21)7-5-17/h4-7,9,12,16,18H,2-3,8,10-11,13-15H2,1H3. The summed E-state index contributed by atoms with van der Waals surface area (Å²) < 4.78 is 1.82. The summed E-state index contributed by atoms with van der Waals surface area (Å²) in [6, 6.07) is 8.12. The van der Waals surface area contributed by atoms with E-state index in [-0.39, 0.29) is 5.91 Å². The molecule has 1 amide bonds. The molecule has 1 unspecified atom stereocenters. The lowest BCUT2D eigenvalue weighted by Gasteiger charge is -2.34. The summed E-state index contributed by atoms with van der Waals surface area (Å²) in [5, 5.41) is 0.787. The first-order chi connectivity index (χ1) is 12.6. The predicted octanol–water partition coefficient (Wildman–Crippen LogP) is 2.95. The van der Waals surface area contributed by atoms with Gasteiger partial charge in [-0.15, -0.1) is 0 Å². The summed E-state index contributed by atoms with van der Waals surface area (Å²) in [5.74, 6) is 0.687. The van der Waals surface area contributed by atoms with Crippen LogP contribution < -0.4 is 0 Å². The fraction of sp³-hybridized carbons (Fsp3) is 0.500. The van der Waals surface area contributed by atoms with Crippen LogP contribution in [-0.4, -0.2) is 58.5 Å². The van der Waals surface area contributed by atoms with Gasteiger partial charge in [-0.25, -0.2) is 4.98 Å². The number of halogens is 1. The Labute approximate surface area is 160 Å².